The summed E-state index contributed by atoms with van der Waals surface area (Å²) in [5.41, 5.74) is 5.56. The first-order valence-electron chi connectivity index (χ1n) is 8.14. The number of nitrogens with one attached hydrogen (secondary N) is 1. The topological polar surface area (TPSA) is 12.0 Å². The van der Waals surface area contributed by atoms with Crippen LogP contribution in [0.1, 0.15) is 55.0 Å². The Morgan fingerprint density at radius 3 is 2.48 bits per heavy atom. The van der Waals surface area contributed by atoms with Crippen molar-refractivity contribution in [3.8, 4) is 0 Å². The lowest BCUT2D eigenvalue weighted by atomic mass is 9.93. The first-order chi connectivity index (χ1) is 10.3. The summed E-state index contributed by atoms with van der Waals surface area (Å²) in [5, 5.41) is 3.71. The fourth-order valence-electron chi connectivity index (χ4n) is 2.82. The largest absolute Gasteiger partial charge is 0.306 e. The molecule has 0 aliphatic carbocycles. The van der Waals surface area contributed by atoms with Crippen molar-refractivity contribution in [1.82, 2.24) is 5.32 Å². The minimum Gasteiger partial charge on any atom is -0.306 e. The van der Waals surface area contributed by atoms with Crippen molar-refractivity contribution >= 4 is 0 Å². The van der Waals surface area contributed by atoms with E-state index in [1.807, 2.05) is 0 Å². The molecule has 1 N–H and O–H groups in total. The SMILES string of the molecule is CCCNC(c1cccc(CCC)c1)c1ccccc1C. The zero-order valence-corrected chi connectivity index (χ0v) is 13.5. The van der Waals surface area contributed by atoms with Gasteiger partial charge < -0.3 is 5.32 Å². The second kappa shape index (κ2) is 7.99. The molecule has 1 unspecified atom stereocenters. The monoisotopic (exact) mass is 281 g/mol. The second-order valence-electron chi connectivity index (χ2n) is 5.74. The maximum absolute atomic E-state index is 3.71. The molecule has 0 fully saturated rings. The number of rotatable bonds is 7. The Morgan fingerprint density at radius 1 is 0.952 bits per heavy atom. The Bertz CT molecular complexity index is 559. The summed E-state index contributed by atoms with van der Waals surface area (Å²) < 4.78 is 0. The van der Waals surface area contributed by atoms with Crippen molar-refractivity contribution in [1.29, 1.82) is 0 Å². The second-order valence-corrected chi connectivity index (χ2v) is 5.74. The zero-order chi connectivity index (χ0) is 15.1. The molecule has 1 nitrogen and oxygen atoms in total. The van der Waals surface area contributed by atoms with Gasteiger partial charge in [-0.15, -0.1) is 0 Å². The van der Waals surface area contributed by atoms with Crippen molar-refractivity contribution in [3.05, 3.63) is 70.8 Å². The molecular weight excluding hydrogens is 254 g/mol. The fraction of sp³-hybridized carbons (Fsp3) is 0.400. The van der Waals surface area contributed by atoms with Gasteiger partial charge in [0.25, 0.3) is 0 Å². The molecule has 112 valence electrons. The molecule has 0 spiro atoms. The highest BCUT2D eigenvalue weighted by Gasteiger charge is 2.15. The van der Waals surface area contributed by atoms with Crippen LogP contribution in [0, 0.1) is 6.92 Å². The van der Waals surface area contributed by atoms with E-state index in [1.165, 1.54) is 28.7 Å². The van der Waals surface area contributed by atoms with Crippen LogP contribution in [0.5, 0.6) is 0 Å². The van der Waals surface area contributed by atoms with E-state index in [1.54, 1.807) is 0 Å². The molecule has 0 bridgehead atoms. The van der Waals surface area contributed by atoms with Crippen LogP contribution < -0.4 is 5.32 Å². The van der Waals surface area contributed by atoms with Gasteiger partial charge in [0.05, 0.1) is 6.04 Å². The van der Waals surface area contributed by atoms with Gasteiger partial charge in [0, 0.05) is 0 Å². The smallest absolute Gasteiger partial charge is 0.0579 e. The highest BCUT2D eigenvalue weighted by molar-refractivity contribution is 5.38. The lowest BCUT2D eigenvalue weighted by molar-refractivity contribution is 0.595. The van der Waals surface area contributed by atoms with Gasteiger partial charge in [-0.3, -0.25) is 0 Å². The van der Waals surface area contributed by atoms with Crippen LogP contribution in [0.3, 0.4) is 0 Å². The molecule has 2 aromatic rings. The van der Waals surface area contributed by atoms with Gasteiger partial charge in [-0.05, 0) is 48.6 Å². The van der Waals surface area contributed by atoms with Crippen LogP contribution in [0.4, 0.5) is 0 Å². The number of benzene rings is 2. The van der Waals surface area contributed by atoms with Crippen LogP contribution in [-0.2, 0) is 6.42 Å². The molecule has 0 heterocycles. The summed E-state index contributed by atoms with van der Waals surface area (Å²) in [7, 11) is 0. The maximum atomic E-state index is 3.71. The van der Waals surface area contributed by atoms with E-state index < -0.39 is 0 Å². The summed E-state index contributed by atoms with van der Waals surface area (Å²) in [6, 6.07) is 18.0. The summed E-state index contributed by atoms with van der Waals surface area (Å²) in [6.07, 6.45) is 3.50. The van der Waals surface area contributed by atoms with Crippen molar-refractivity contribution < 1.29 is 0 Å². The molecule has 1 heteroatoms. The van der Waals surface area contributed by atoms with E-state index in [0.717, 1.165) is 19.4 Å². The average Bonchev–Trinajstić information content (AvgIpc) is 2.50. The van der Waals surface area contributed by atoms with Crippen molar-refractivity contribution in [3.63, 3.8) is 0 Å². The molecule has 0 aromatic heterocycles. The maximum Gasteiger partial charge on any atom is 0.0579 e. The Kier molecular flexibility index (Phi) is 6.01. The normalized spacial score (nSPS) is 12.3. The van der Waals surface area contributed by atoms with Crippen LogP contribution >= 0.6 is 0 Å². The third-order valence-corrected chi connectivity index (χ3v) is 3.92. The van der Waals surface area contributed by atoms with Crippen molar-refractivity contribution in [2.45, 2.75) is 46.1 Å². The predicted octanol–water partition coefficient (Wildman–Crippen LogP) is 5.04. The Balaban J connectivity index is 2.36. The van der Waals surface area contributed by atoms with Gasteiger partial charge in [0.2, 0.25) is 0 Å². The van der Waals surface area contributed by atoms with Crippen LogP contribution in [0.2, 0.25) is 0 Å². The lowest BCUT2D eigenvalue weighted by Crippen LogP contribution is -2.24. The molecule has 21 heavy (non-hydrogen) atoms. The number of hydrogen-bond acceptors (Lipinski definition) is 1. The molecule has 1 atom stereocenters. The first kappa shape index (κ1) is 15.8. The molecule has 0 saturated carbocycles. The first-order valence-corrected chi connectivity index (χ1v) is 8.14. The summed E-state index contributed by atoms with van der Waals surface area (Å²) >= 11 is 0. The Morgan fingerprint density at radius 2 is 1.76 bits per heavy atom. The highest BCUT2D eigenvalue weighted by Crippen LogP contribution is 2.25. The highest BCUT2D eigenvalue weighted by atomic mass is 14.9. The van der Waals surface area contributed by atoms with Crippen LogP contribution in [-0.4, -0.2) is 6.54 Å². The molecule has 0 amide bonds. The van der Waals surface area contributed by atoms with Crippen LogP contribution in [0.25, 0.3) is 0 Å². The predicted molar refractivity (Wildman–Crippen MR) is 91.8 cm³/mol. The minimum atomic E-state index is 0.294. The Hall–Kier alpha value is -1.60. The molecular formula is C20H27N. The standard InChI is InChI=1S/C20H27N/c1-4-9-17-11-8-12-18(15-17)20(21-14-5-2)19-13-7-6-10-16(19)3/h6-8,10-13,15,20-21H,4-5,9,14H2,1-3H3. The number of aryl methyl sites for hydroxylation is 2. The number of hydrogen-bond donors (Lipinski definition) is 1. The van der Waals surface area contributed by atoms with Gasteiger partial charge in [-0.25, -0.2) is 0 Å². The van der Waals surface area contributed by atoms with Gasteiger partial charge >= 0.3 is 0 Å². The summed E-state index contributed by atoms with van der Waals surface area (Å²) in [4.78, 5) is 0. The van der Waals surface area contributed by atoms with E-state index in [4.69, 9.17) is 0 Å². The molecule has 0 aliphatic heterocycles. The van der Waals surface area contributed by atoms with E-state index in [9.17, 15) is 0 Å². The molecule has 2 rings (SSSR count). The van der Waals surface area contributed by atoms with Gasteiger partial charge in [-0.1, -0.05) is 68.8 Å². The third-order valence-electron chi connectivity index (χ3n) is 3.92. The molecule has 0 saturated heterocycles. The molecule has 2 aromatic carbocycles. The minimum absolute atomic E-state index is 0.294. The third kappa shape index (κ3) is 4.18. The van der Waals surface area contributed by atoms with E-state index in [0.29, 0.717) is 6.04 Å². The van der Waals surface area contributed by atoms with Crippen LogP contribution in [0.15, 0.2) is 48.5 Å². The van der Waals surface area contributed by atoms with E-state index in [-0.39, 0.29) is 0 Å². The Labute approximate surface area is 129 Å². The average molecular weight is 281 g/mol. The van der Waals surface area contributed by atoms with Gasteiger partial charge in [0.1, 0.15) is 0 Å². The van der Waals surface area contributed by atoms with Crippen molar-refractivity contribution in [2.75, 3.05) is 6.54 Å². The molecule has 0 aliphatic rings. The zero-order valence-electron chi connectivity index (χ0n) is 13.5. The van der Waals surface area contributed by atoms with Crippen molar-refractivity contribution in [2.24, 2.45) is 0 Å². The molecule has 0 radical (unpaired) electrons. The lowest BCUT2D eigenvalue weighted by Gasteiger charge is -2.22. The quantitative estimate of drug-likeness (QED) is 0.750. The van der Waals surface area contributed by atoms with E-state index in [2.05, 4.69) is 74.6 Å². The summed E-state index contributed by atoms with van der Waals surface area (Å²) in [5.74, 6) is 0. The van der Waals surface area contributed by atoms with Gasteiger partial charge in [-0.2, -0.15) is 0 Å². The summed E-state index contributed by atoms with van der Waals surface area (Å²) in [6.45, 7) is 7.69. The van der Waals surface area contributed by atoms with Gasteiger partial charge in [0.15, 0.2) is 0 Å². The fourth-order valence-corrected chi connectivity index (χ4v) is 2.82. The van der Waals surface area contributed by atoms with E-state index >= 15 is 0 Å².